The Bertz CT molecular complexity index is 2350. The Balaban J connectivity index is 0. The summed E-state index contributed by atoms with van der Waals surface area (Å²) >= 11 is 23.3. The largest absolute Gasteiger partial charge is 1.00 e. The van der Waals surface area contributed by atoms with Gasteiger partial charge in [-0.3, -0.25) is 9.18 Å². The van der Waals surface area contributed by atoms with E-state index in [1.54, 1.807) is 32.9 Å². The number of carbonyl (C=O) groups excluding carboxylic acids is 1. The zero-order valence-electron chi connectivity index (χ0n) is 34.7. The van der Waals surface area contributed by atoms with E-state index in [0.717, 1.165) is 38.6 Å². The summed E-state index contributed by atoms with van der Waals surface area (Å²) in [4.78, 5) is 26.7. The number of benzene rings is 4. The van der Waals surface area contributed by atoms with Gasteiger partial charge in [-0.15, -0.1) is 0 Å². The van der Waals surface area contributed by atoms with E-state index < -0.39 is 21.4 Å². The molecule has 0 radical (unpaired) electrons. The minimum absolute atomic E-state index is 0. The number of aromatic nitrogens is 4. The Hall–Kier alpha value is -0.437. The Labute approximate surface area is 463 Å². The summed E-state index contributed by atoms with van der Waals surface area (Å²) in [5, 5.41) is 13.8. The first-order chi connectivity index (χ1) is 27.4. The van der Waals surface area contributed by atoms with Gasteiger partial charge in [0.1, 0.15) is 25.3 Å². The first kappa shape index (κ1) is 56.6. The van der Waals surface area contributed by atoms with E-state index in [9.17, 15) is 13.5 Å². The van der Waals surface area contributed by atoms with Crippen LogP contribution in [0.1, 0.15) is 2.80 Å². The Kier molecular flexibility index (Phi) is 28.6. The maximum Gasteiger partial charge on any atom is 1.00 e. The predicted molar refractivity (Wildman–Crippen MR) is 239 cm³/mol. The third-order valence-corrected chi connectivity index (χ3v) is 12.2. The molecule has 4 aromatic carbocycles. The van der Waals surface area contributed by atoms with Crippen molar-refractivity contribution >= 4 is 115 Å². The minimum atomic E-state index is -2.52. The van der Waals surface area contributed by atoms with Crippen LogP contribution in [0.3, 0.4) is 0 Å². The fourth-order valence-corrected chi connectivity index (χ4v) is 7.83. The summed E-state index contributed by atoms with van der Waals surface area (Å²) < 4.78 is 41.8. The normalized spacial score (nSPS) is 10.3. The van der Waals surface area contributed by atoms with Gasteiger partial charge in [0.05, 0.1) is 23.2 Å². The number of rotatable bonds is 7. The maximum absolute atomic E-state index is 12.9. The van der Waals surface area contributed by atoms with E-state index >= 15 is 0 Å². The maximum atomic E-state index is 12.9. The van der Waals surface area contributed by atoms with Crippen molar-refractivity contribution < 1.29 is 134 Å². The van der Waals surface area contributed by atoms with E-state index in [2.05, 4.69) is 62.0 Å². The number of alkyl halides is 1. The SMILES string of the molecule is CP(C)(=O)c1cc(-c2ccccc2)ccc1N.CP(C)(=O)c1cc(-c2ccccc2)ccc1Nc1nc(Cl)ncc1Br.Clc1ncc(Br)c(Cl)n1.O=CO[O-].[2H]CF.[H-].[K+].[K+]. The number of carbonyl (C=O) groups is 1. The molecule has 0 atom stereocenters. The Morgan fingerprint density at radius 3 is 1.61 bits per heavy atom. The summed E-state index contributed by atoms with van der Waals surface area (Å²) in [6.07, 6.45) is 3.07. The molecule has 2 heterocycles. The van der Waals surface area contributed by atoms with Gasteiger partial charge in [0.15, 0.2) is 0 Å². The summed E-state index contributed by atoms with van der Waals surface area (Å²) in [5.41, 5.74) is 11.5. The molecule has 0 aliphatic carbocycles. The van der Waals surface area contributed by atoms with Crippen LogP contribution in [-0.2, 0) is 18.8 Å². The number of halogens is 6. The summed E-state index contributed by atoms with van der Waals surface area (Å²) in [6, 6.07) is 31.6. The second-order valence-corrected chi connectivity index (χ2v) is 21.0. The first-order valence-electron chi connectivity index (χ1n) is 16.7. The average Bonchev–Trinajstić information content (AvgIpc) is 3.19. The smallest absolute Gasteiger partial charge is 1.00 e. The van der Waals surface area contributed by atoms with Crippen molar-refractivity contribution in [3.05, 3.63) is 134 Å². The van der Waals surface area contributed by atoms with Crippen LogP contribution in [0.2, 0.25) is 15.7 Å². The molecule has 0 unspecified atom stereocenters. The number of hydrogen-bond donors (Lipinski definition) is 2. The molecule has 0 saturated heterocycles. The van der Waals surface area contributed by atoms with Crippen molar-refractivity contribution in [2.45, 2.75) is 0 Å². The molecular formula is C38H38Br2Cl3FK2N6O5P2. The van der Waals surface area contributed by atoms with E-state index in [4.69, 9.17) is 52.0 Å². The fraction of sp³-hybridized carbons (Fsp3) is 0.132. The first-order valence-corrected chi connectivity index (χ1v) is 23.9. The van der Waals surface area contributed by atoms with Crippen molar-refractivity contribution in [3.63, 3.8) is 0 Å². The van der Waals surface area contributed by atoms with Gasteiger partial charge in [-0.05, 0) is 128 Å². The zero-order valence-corrected chi connectivity index (χ0v) is 46.2. The van der Waals surface area contributed by atoms with Crippen LogP contribution in [-0.4, -0.2) is 60.2 Å². The molecule has 11 nitrogen and oxygen atoms in total. The van der Waals surface area contributed by atoms with Crippen molar-refractivity contribution in [1.29, 1.82) is 0 Å². The molecule has 0 amide bonds. The van der Waals surface area contributed by atoms with Crippen LogP contribution in [0.15, 0.2) is 118 Å². The van der Waals surface area contributed by atoms with Gasteiger partial charge in [0.2, 0.25) is 10.6 Å². The molecule has 2 aromatic heterocycles. The number of nitrogens with zero attached hydrogens (tertiary/aromatic N) is 4. The van der Waals surface area contributed by atoms with Gasteiger partial charge >= 0.3 is 103 Å². The summed E-state index contributed by atoms with van der Waals surface area (Å²) in [6.45, 7) is 6.81. The molecule has 6 rings (SSSR count). The number of nitrogens with one attached hydrogen (secondary N) is 1. The van der Waals surface area contributed by atoms with E-state index in [-0.39, 0.29) is 121 Å². The van der Waals surface area contributed by atoms with Gasteiger partial charge in [0, 0.05) is 28.7 Å². The average molecular weight is 1090 g/mol. The van der Waals surface area contributed by atoms with E-state index in [0.29, 0.717) is 25.6 Å². The van der Waals surface area contributed by atoms with Gasteiger partial charge in [0.25, 0.3) is 6.47 Å². The number of nitrogens with two attached hydrogens (primary N) is 1. The fourth-order valence-electron chi connectivity index (χ4n) is 4.60. The topological polar surface area (TPSA) is 173 Å². The van der Waals surface area contributed by atoms with Crippen LogP contribution >= 0.6 is 80.9 Å². The van der Waals surface area contributed by atoms with Gasteiger partial charge in [-0.2, -0.15) is 4.98 Å². The second kappa shape index (κ2) is 29.8. The molecule has 0 bridgehead atoms. The van der Waals surface area contributed by atoms with Crippen molar-refractivity contribution in [3.8, 4) is 22.3 Å². The monoisotopic (exact) mass is 1080 g/mol. The Morgan fingerprint density at radius 1 is 0.763 bits per heavy atom. The summed E-state index contributed by atoms with van der Waals surface area (Å²) in [5.74, 6) is 0.530. The molecule has 0 spiro atoms. The molecule has 6 aromatic rings. The number of hydrogen-bond acceptors (Lipinski definition) is 11. The summed E-state index contributed by atoms with van der Waals surface area (Å²) in [7, 11) is -5.85. The second-order valence-electron chi connectivity index (χ2n) is 11.9. The minimum Gasteiger partial charge on any atom is -1.00 e. The molecular weight excluding hydrogens is 1050 g/mol. The van der Waals surface area contributed by atoms with Crippen LogP contribution in [0.4, 0.5) is 21.6 Å². The Morgan fingerprint density at radius 2 is 1.19 bits per heavy atom. The van der Waals surface area contributed by atoms with Crippen molar-refractivity contribution in [2.75, 3.05) is 44.9 Å². The van der Waals surface area contributed by atoms with Gasteiger partial charge < -0.3 is 31.8 Å². The third-order valence-electron chi connectivity index (χ3n) is 7.08. The number of nitrogen functional groups attached to an aromatic ring is 1. The van der Waals surface area contributed by atoms with Crippen LogP contribution < -0.4 is 130 Å². The van der Waals surface area contributed by atoms with Gasteiger partial charge in [-0.1, -0.05) is 84.4 Å². The molecule has 0 saturated carbocycles. The van der Waals surface area contributed by atoms with Crippen molar-refractivity contribution in [1.82, 2.24) is 19.9 Å². The van der Waals surface area contributed by atoms with E-state index in [1.807, 2.05) is 97.1 Å². The quantitative estimate of drug-likeness (QED) is 0.0339. The van der Waals surface area contributed by atoms with Crippen LogP contribution in [0, 0.1) is 0 Å². The molecule has 0 aliphatic heterocycles. The molecule has 0 aliphatic rings. The molecule has 0 fully saturated rings. The molecule has 304 valence electrons. The standard InChI is InChI=1S/C18H16BrClN3OP.C14H16NOP.C4HBrCl2N2.CH3F.CH2O3.2K.H/c1-25(2,24)16-10-13(12-6-4-3-5-7-12)8-9-15(16)22-17-14(19)11-21-18(20)23-17;1-17(2,16)14-10-12(8-9-13(14)15)11-6-4-3-5-7-11;5-2-1-8-4(7)9-3(2)6;1-2;2-1-4-3;;;/h3-11H,1-2H3,(H,21,22,23);3-10H,15H2,1-2H3;1H;1H3;1,3H;;;/q;;;;;2*+1;-1/p-1/i;;;1D;;;;. The molecule has 3 N–H and O–H groups in total. The van der Waals surface area contributed by atoms with Crippen molar-refractivity contribution in [2.24, 2.45) is 0 Å². The molecule has 21 heteroatoms. The van der Waals surface area contributed by atoms with E-state index in [1.165, 1.54) is 6.20 Å². The number of anilines is 3. The predicted octanol–water partition coefficient (Wildman–Crippen LogP) is 4.42. The van der Waals surface area contributed by atoms with Gasteiger partial charge in [-0.25, -0.2) is 15.0 Å². The van der Waals surface area contributed by atoms with Crippen LogP contribution in [0.5, 0.6) is 0 Å². The third kappa shape index (κ3) is 20.7. The molecule has 59 heavy (non-hydrogen) atoms. The zero-order chi connectivity index (χ0) is 43.5. The van der Waals surface area contributed by atoms with Crippen LogP contribution in [0.25, 0.3) is 22.3 Å².